The van der Waals surface area contributed by atoms with Crippen LogP contribution in [-0.2, 0) is 16.1 Å². The minimum Gasteiger partial charge on any atom is -0.394 e. The Kier molecular flexibility index (Phi) is 8.44. The van der Waals surface area contributed by atoms with E-state index in [0.29, 0.717) is 25.3 Å². The Morgan fingerprint density at radius 3 is 2.47 bits per heavy atom. The third-order valence-electron chi connectivity index (χ3n) is 7.73. The van der Waals surface area contributed by atoms with E-state index in [1.807, 2.05) is 69.6 Å². The summed E-state index contributed by atoms with van der Waals surface area (Å²) in [7, 11) is 3.85. The van der Waals surface area contributed by atoms with Gasteiger partial charge in [-0.25, -0.2) is 0 Å². The van der Waals surface area contributed by atoms with E-state index >= 15 is 0 Å². The maximum Gasteiger partial charge on any atom is 0.254 e. The van der Waals surface area contributed by atoms with Gasteiger partial charge in [0.05, 0.1) is 31.4 Å². The molecule has 1 fully saturated rings. The van der Waals surface area contributed by atoms with Crippen molar-refractivity contribution in [2.24, 2.45) is 5.92 Å². The van der Waals surface area contributed by atoms with Crippen molar-refractivity contribution in [1.29, 1.82) is 0 Å². The van der Waals surface area contributed by atoms with Crippen LogP contribution in [0.4, 0.5) is 0 Å². The van der Waals surface area contributed by atoms with E-state index in [1.54, 1.807) is 9.80 Å². The number of aliphatic hydroxyl groups is 1. The molecule has 36 heavy (non-hydrogen) atoms. The van der Waals surface area contributed by atoms with Crippen LogP contribution in [0.2, 0.25) is 0 Å². The first-order chi connectivity index (χ1) is 17.3. The zero-order chi connectivity index (χ0) is 25.8. The molecule has 1 N–H and O–H groups in total. The topological polar surface area (TPSA) is 73.3 Å². The summed E-state index contributed by atoms with van der Waals surface area (Å²) >= 11 is 0. The number of likely N-dealkylation sites (tertiary alicyclic amines) is 1. The van der Waals surface area contributed by atoms with Crippen molar-refractivity contribution >= 4 is 11.8 Å². The molecule has 0 aromatic heterocycles. The molecular formula is C29H39N3O4. The molecule has 0 saturated carbocycles. The molecule has 2 aliphatic rings. The highest BCUT2D eigenvalue weighted by molar-refractivity contribution is 6.01. The molecule has 2 aromatic carbocycles. The van der Waals surface area contributed by atoms with E-state index in [9.17, 15) is 14.7 Å². The van der Waals surface area contributed by atoms with Crippen LogP contribution in [-0.4, -0.2) is 90.1 Å². The molecule has 2 aliphatic heterocycles. The van der Waals surface area contributed by atoms with Gasteiger partial charge in [0.2, 0.25) is 5.91 Å². The average molecular weight is 494 g/mol. The number of nitrogens with zero attached hydrogens (tertiary/aromatic N) is 3. The molecule has 194 valence electrons. The molecule has 2 aromatic rings. The second-order valence-electron chi connectivity index (χ2n) is 10.4. The summed E-state index contributed by atoms with van der Waals surface area (Å²) in [4.78, 5) is 32.8. The lowest BCUT2D eigenvalue weighted by Gasteiger charge is -2.35. The van der Waals surface area contributed by atoms with E-state index in [-0.39, 0.29) is 42.5 Å². The van der Waals surface area contributed by atoms with Crippen LogP contribution in [0.15, 0.2) is 48.5 Å². The lowest BCUT2D eigenvalue weighted by Crippen LogP contribution is -2.49. The van der Waals surface area contributed by atoms with Crippen molar-refractivity contribution in [3.05, 3.63) is 59.7 Å². The number of carbonyl (C=O) groups is 2. The number of hydrogen-bond acceptors (Lipinski definition) is 5. The SMILES string of the molecule is C[C@@H]1CN([C@@H](C)CO)C(=O)c2ccccc2-c2ccccc2CO[C@H]1CN(C)C(=O)[C@H]1CCCN1C. The molecule has 2 amide bonds. The third kappa shape index (κ3) is 5.48. The van der Waals surface area contributed by atoms with Crippen molar-refractivity contribution in [3.8, 4) is 11.1 Å². The molecule has 4 atom stereocenters. The van der Waals surface area contributed by atoms with E-state index in [4.69, 9.17) is 4.74 Å². The van der Waals surface area contributed by atoms with Crippen LogP contribution < -0.4 is 0 Å². The number of hydrogen-bond donors (Lipinski definition) is 1. The standard InChI is InChI=1S/C29H39N3O4/c1-20-16-32(21(2)18-33)28(34)25-13-8-7-12-24(25)23-11-6-5-10-22(23)19-36-27(20)17-31(4)29(35)26-14-9-15-30(26)3/h5-8,10-13,20-21,26-27,33H,9,14-19H2,1-4H3/t20-,21+,26-,27+/m1/s1. The summed E-state index contributed by atoms with van der Waals surface area (Å²) in [6, 6.07) is 15.2. The fraction of sp³-hybridized carbons (Fsp3) is 0.517. The second-order valence-corrected chi connectivity index (χ2v) is 10.4. The largest absolute Gasteiger partial charge is 0.394 e. The molecule has 7 nitrogen and oxygen atoms in total. The fourth-order valence-corrected chi connectivity index (χ4v) is 5.39. The molecule has 0 spiro atoms. The molecular weight excluding hydrogens is 454 g/mol. The van der Waals surface area contributed by atoms with Crippen molar-refractivity contribution in [2.45, 2.75) is 51.5 Å². The van der Waals surface area contributed by atoms with E-state index in [2.05, 4.69) is 11.8 Å². The van der Waals surface area contributed by atoms with Gasteiger partial charge >= 0.3 is 0 Å². The quantitative estimate of drug-likeness (QED) is 0.692. The molecule has 0 aliphatic carbocycles. The number of ether oxygens (including phenoxy) is 1. The zero-order valence-electron chi connectivity index (χ0n) is 21.9. The highest BCUT2D eigenvalue weighted by Gasteiger charge is 2.34. The average Bonchev–Trinajstić information content (AvgIpc) is 3.33. The molecule has 0 radical (unpaired) electrons. The summed E-state index contributed by atoms with van der Waals surface area (Å²) in [6.07, 6.45) is 1.63. The Labute approximate surface area is 214 Å². The zero-order valence-corrected chi connectivity index (χ0v) is 21.9. The Balaban J connectivity index is 1.68. The van der Waals surface area contributed by atoms with E-state index < -0.39 is 0 Å². The smallest absolute Gasteiger partial charge is 0.254 e. The normalized spacial score (nSPS) is 24.0. The predicted molar refractivity (Wildman–Crippen MR) is 140 cm³/mol. The molecule has 7 heteroatoms. The minimum absolute atomic E-state index is 0.0584. The van der Waals surface area contributed by atoms with E-state index in [0.717, 1.165) is 36.1 Å². The van der Waals surface area contributed by atoms with Crippen LogP contribution in [0.5, 0.6) is 0 Å². The van der Waals surface area contributed by atoms with Gasteiger partial charge in [-0.3, -0.25) is 14.5 Å². The van der Waals surface area contributed by atoms with Gasteiger partial charge in [-0.15, -0.1) is 0 Å². The van der Waals surface area contributed by atoms with Crippen LogP contribution in [0, 0.1) is 5.92 Å². The molecule has 0 bridgehead atoms. The fourth-order valence-electron chi connectivity index (χ4n) is 5.39. The molecule has 4 rings (SSSR count). The van der Waals surface area contributed by atoms with Gasteiger partial charge in [0.1, 0.15) is 0 Å². The first-order valence-electron chi connectivity index (χ1n) is 13.0. The molecule has 1 saturated heterocycles. The first-order valence-corrected chi connectivity index (χ1v) is 13.0. The van der Waals surface area contributed by atoms with Crippen LogP contribution in [0.3, 0.4) is 0 Å². The van der Waals surface area contributed by atoms with Crippen LogP contribution in [0.1, 0.15) is 42.6 Å². The number of likely N-dealkylation sites (N-methyl/N-ethyl adjacent to an activating group) is 2. The highest BCUT2D eigenvalue weighted by atomic mass is 16.5. The Bertz CT molecular complexity index is 1070. The van der Waals surface area contributed by atoms with Crippen LogP contribution >= 0.6 is 0 Å². The van der Waals surface area contributed by atoms with E-state index in [1.165, 1.54) is 0 Å². The van der Waals surface area contributed by atoms with Gasteiger partial charge in [-0.05, 0) is 56.1 Å². The Morgan fingerprint density at radius 1 is 1.14 bits per heavy atom. The maximum atomic E-state index is 13.9. The highest BCUT2D eigenvalue weighted by Crippen LogP contribution is 2.31. The van der Waals surface area contributed by atoms with Gasteiger partial charge in [0.25, 0.3) is 5.91 Å². The van der Waals surface area contributed by atoms with Gasteiger partial charge in [0.15, 0.2) is 0 Å². The first kappa shape index (κ1) is 26.3. The monoisotopic (exact) mass is 493 g/mol. The van der Waals surface area contributed by atoms with Crippen molar-refractivity contribution in [2.75, 3.05) is 40.3 Å². The number of fused-ring (bicyclic) bond motifs is 3. The summed E-state index contributed by atoms with van der Waals surface area (Å²) < 4.78 is 6.53. The minimum atomic E-state index is -0.351. The Hall–Kier alpha value is -2.74. The number of rotatable bonds is 5. The van der Waals surface area contributed by atoms with Crippen molar-refractivity contribution < 1.29 is 19.4 Å². The number of aliphatic hydroxyl groups excluding tert-OH is 1. The van der Waals surface area contributed by atoms with Gasteiger partial charge in [-0.1, -0.05) is 49.4 Å². The maximum absolute atomic E-state index is 13.9. The Morgan fingerprint density at radius 2 is 1.81 bits per heavy atom. The molecule has 0 unspecified atom stereocenters. The van der Waals surface area contributed by atoms with Crippen LogP contribution in [0.25, 0.3) is 11.1 Å². The summed E-state index contributed by atoms with van der Waals surface area (Å²) in [5.74, 6) is -0.0482. The summed E-state index contributed by atoms with van der Waals surface area (Å²) in [5, 5.41) is 9.99. The van der Waals surface area contributed by atoms with Gasteiger partial charge < -0.3 is 19.6 Å². The predicted octanol–water partition coefficient (Wildman–Crippen LogP) is 3.26. The molecule has 2 heterocycles. The van der Waals surface area contributed by atoms with Crippen molar-refractivity contribution in [1.82, 2.24) is 14.7 Å². The lowest BCUT2D eigenvalue weighted by molar-refractivity contribution is -0.137. The second kappa shape index (κ2) is 11.5. The van der Waals surface area contributed by atoms with Gasteiger partial charge in [0, 0.05) is 31.6 Å². The number of benzene rings is 2. The number of amides is 2. The van der Waals surface area contributed by atoms with Gasteiger partial charge in [-0.2, -0.15) is 0 Å². The third-order valence-corrected chi connectivity index (χ3v) is 7.73. The summed E-state index contributed by atoms with van der Waals surface area (Å²) in [6.45, 7) is 5.97. The summed E-state index contributed by atoms with van der Waals surface area (Å²) in [5.41, 5.74) is 3.44. The number of carbonyl (C=O) groups excluding carboxylic acids is 2. The van der Waals surface area contributed by atoms with Crippen molar-refractivity contribution in [3.63, 3.8) is 0 Å². The lowest BCUT2D eigenvalue weighted by atomic mass is 9.94.